The van der Waals surface area contributed by atoms with Crippen LogP contribution in [0.1, 0.15) is 81.1 Å². The lowest BCUT2D eigenvalue weighted by Crippen LogP contribution is -2.11. The molecule has 0 spiro atoms. The second-order valence-electron chi connectivity index (χ2n) is 10.8. The van der Waals surface area contributed by atoms with Gasteiger partial charge in [0.2, 0.25) is 0 Å². The van der Waals surface area contributed by atoms with Crippen molar-refractivity contribution in [3.8, 4) is 16.9 Å². The van der Waals surface area contributed by atoms with Crippen LogP contribution in [0, 0.1) is 17.0 Å². The van der Waals surface area contributed by atoms with E-state index in [9.17, 15) is 18.0 Å². The number of methoxy groups -OCH3 is 1. The molecular formula is C33H34F4O3. The van der Waals surface area contributed by atoms with Crippen LogP contribution < -0.4 is 4.74 Å². The quantitative estimate of drug-likeness (QED) is 0.185. The van der Waals surface area contributed by atoms with E-state index in [1.807, 2.05) is 13.0 Å². The average molecular weight is 555 g/mol. The molecule has 0 saturated heterocycles. The molecule has 0 aliphatic heterocycles. The Morgan fingerprint density at radius 1 is 1.00 bits per heavy atom. The minimum atomic E-state index is -2.72. The monoisotopic (exact) mass is 554 g/mol. The summed E-state index contributed by atoms with van der Waals surface area (Å²) < 4.78 is 68.0. The fourth-order valence-corrected chi connectivity index (χ4v) is 5.36. The number of allylic oxidation sites excluding steroid dienone is 2. The van der Waals surface area contributed by atoms with Gasteiger partial charge in [0.05, 0.1) is 13.5 Å². The van der Waals surface area contributed by atoms with Crippen molar-refractivity contribution in [1.82, 2.24) is 0 Å². The van der Waals surface area contributed by atoms with E-state index in [0.717, 1.165) is 41.7 Å². The van der Waals surface area contributed by atoms with Crippen molar-refractivity contribution in [3.05, 3.63) is 94.6 Å². The Hall–Kier alpha value is -3.61. The molecule has 3 aromatic rings. The molecule has 4 rings (SSSR count). The Morgan fingerprint density at radius 3 is 2.42 bits per heavy atom. The molecule has 0 N–H and O–H groups in total. The number of carbonyl (C=O) groups excluding carboxylic acids is 1. The van der Waals surface area contributed by atoms with Gasteiger partial charge < -0.3 is 9.47 Å². The number of rotatable bonds is 10. The van der Waals surface area contributed by atoms with Crippen LogP contribution in [0.5, 0.6) is 5.75 Å². The van der Waals surface area contributed by atoms with E-state index < -0.39 is 24.0 Å². The first kappa shape index (κ1) is 29.4. The predicted octanol–water partition coefficient (Wildman–Crippen LogP) is 9.41. The van der Waals surface area contributed by atoms with E-state index in [1.165, 1.54) is 19.2 Å². The molecule has 1 aliphatic rings. The Bertz CT molecular complexity index is 1410. The highest BCUT2D eigenvalue weighted by atomic mass is 19.3. The zero-order valence-electron chi connectivity index (χ0n) is 23.2. The summed E-state index contributed by atoms with van der Waals surface area (Å²) in [5.74, 6) is -1.81. The zero-order valence-corrected chi connectivity index (χ0v) is 23.2. The third kappa shape index (κ3) is 6.24. The third-order valence-electron chi connectivity index (χ3n) is 7.71. The molecule has 3 nitrogen and oxygen atoms in total. The van der Waals surface area contributed by atoms with Crippen LogP contribution in [0.2, 0.25) is 0 Å². The van der Waals surface area contributed by atoms with Gasteiger partial charge in [-0.3, -0.25) is 4.79 Å². The molecule has 3 aromatic carbocycles. The SMILES string of the molecule is CC[C@@H](CC(=O)OC)c1cccc(OCc2ccc(-c3cc(C(F)F)ccc3F)c(C3=CCCC3(C)C)c2)c1F. The summed E-state index contributed by atoms with van der Waals surface area (Å²) >= 11 is 0. The van der Waals surface area contributed by atoms with Crippen molar-refractivity contribution in [2.45, 2.75) is 65.4 Å². The lowest BCUT2D eigenvalue weighted by atomic mass is 9.79. The highest BCUT2D eigenvalue weighted by Gasteiger charge is 2.30. The Morgan fingerprint density at radius 2 is 1.77 bits per heavy atom. The van der Waals surface area contributed by atoms with E-state index in [2.05, 4.69) is 19.9 Å². The number of alkyl halides is 2. The maximum atomic E-state index is 15.4. The first-order valence-electron chi connectivity index (χ1n) is 13.5. The van der Waals surface area contributed by atoms with E-state index in [-0.39, 0.29) is 41.2 Å². The van der Waals surface area contributed by atoms with Gasteiger partial charge in [-0.25, -0.2) is 17.6 Å². The first-order chi connectivity index (χ1) is 19.1. The molecule has 7 heteroatoms. The number of hydrogen-bond acceptors (Lipinski definition) is 3. The minimum absolute atomic E-state index is 0.0364. The van der Waals surface area contributed by atoms with Gasteiger partial charge in [0.25, 0.3) is 6.43 Å². The van der Waals surface area contributed by atoms with Gasteiger partial charge in [0.15, 0.2) is 11.6 Å². The van der Waals surface area contributed by atoms with Crippen LogP contribution in [0.4, 0.5) is 17.6 Å². The molecule has 1 atom stereocenters. The van der Waals surface area contributed by atoms with Crippen LogP contribution in [0.15, 0.2) is 60.7 Å². The lowest BCUT2D eigenvalue weighted by molar-refractivity contribution is -0.141. The molecule has 0 bridgehead atoms. The second-order valence-corrected chi connectivity index (χ2v) is 10.8. The fraction of sp³-hybridized carbons (Fsp3) is 0.364. The van der Waals surface area contributed by atoms with E-state index in [1.54, 1.807) is 24.3 Å². The van der Waals surface area contributed by atoms with Crippen molar-refractivity contribution >= 4 is 11.5 Å². The van der Waals surface area contributed by atoms with Crippen molar-refractivity contribution in [2.75, 3.05) is 7.11 Å². The Balaban J connectivity index is 1.68. The van der Waals surface area contributed by atoms with Crippen LogP contribution in [0.3, 0.4) is 0 Å². The Kier molecular flexibility index (Phi) is 9.02. The van der Waals surface area contributed by atoms with Crippen LogP contribution in [-0.4, -0.2) is 13.1 Å². The van der Waals surface area contributed by atoms with Crippen molar-refractivity contribution in [2.24, 2.45) is 5.41 Å². The number of carbonyl (C=O) groups is 1. The molecule has 40 heavy (non-hydrogen) atoms. The average Bonchev–Trinajstić information content (AvgIpc) is 3.29. The summed E-state index contributed by atoms with van der Waals surface area (Å²) in [5, 5.41) is 0. The van der Waals surface area contributed by atoms with E-state index in [4.69, 9.17) is 9.47 Å². The summed E-state index contributed by atoms with van der Waals surface area (Å²) in [6.45, 7) is 6.12. The maximum Gasteiger partial charge on any atom is 0.306 e. The number of esters is 1. The molecule has 0 saturated carbocycles. The largest absolute Gasteiger partial charge is 0.486 e. The maximum absolute atomic E-state index is 15.4. The summed E-state index contributed by atoms with van der Waals surface area (Å²) in [7, 11) is 1.30. The molecule has 0 unspecified atom stereocenters. The molecule has 0 aromatic heterocycles. The number of benzene rings is 3. The van der Waals surface area contributed by atoms with E-state index in [0.29, 0.717) is 17.5 Å². The molecule has 212 valence electrons. The van der Waals surface area contributed by atoms with Gasteiger partial charge >= 0.3 is 5.97 Å². The molecule has 0 heterocycles. The topological polar surface area (TPSA) is 35.5 Å². The number of ether oxygens (including phenoxy) is 2. The smallest absolute Gasteiger partial charge is 0.306 e. The third-order valence-corrected chi connectivity index (χ3v) is 7.71. The zero-order chi connectivity index (χ0) is 29.0. The van der Waals surface area contributed by atoms with Gasteiger partial charge in [0.1, 0.15) is 12.4 Å². The van der Waals surface area contributed by atoms with Crippen LogP contribution >= 0.6 is 0 Å². The summed E-state index contributed by atoms with van der Waals surface area (Å²) in [4.78, 5) is 11.8. The summed E-state index contributed by atoms with van der Waals surface area (Å²) in [6, 6.07) is 13.6. The van der Waals surface area contributed by atoms with Gasteiger partial charge in [-0.1, -0.05) is 57.2 Å². The van der Waals surface area contributed by atoms with E-state index >= 15 is 4.39 Å². The highest BCUT2D eigenvalue weighted by molar-refractivity contribution is 5.85. The summed E-state index contributed by atoms with van der Waals surface area (Å²) in [6.07, 6.45) is 1.76. The standard InChI is InChI=1S/C33H34F4O3/c1-5-21(18-30(38)39-4)23-8-6-10-29(31(23)35)40-19-20-11-13-24(25(16-20)27-9-7-15-33(27,2)3)26-17-22(32(36)37)12-14-28(26)34/h6,8-14,16-17,21,32H,5,7,15,18-19H2,1-4H3/t21-/m0/s1. The number of hydrogen-bond donors (Lipinski definition) is 0. The highest BCUT2D eigenvalue weighted by Crippen LogP contribution is 2.47. The van der Waals surface area contributed by atoms with Crippen molar-refractivity contribution in [3.63, 3.8) is 0 Å². The lowest BCUT2D eigenvalue weighted by Gasteiger charge is -2.25. The minimum Gasteiger partial charge on any atom is -0.486 e. The Labute approximate surface area is 232 Å². The van der Waals surface area contributed by atoms with Gasteiger partial charge in [-0.15, -0.1) is 0 Å². The summed E-state index contributed by atoms with van der Waals surface area (Å²) in [5.41, 5.74) is 3.04. The van der Waals surface area contributed by atoms with Gasteiger partial charge in [-0.2, -0.15) is 0 Å². The van der Waals surface area contributed by atoms with Gasteiger partial charge in [-0.05, 0) is 82.7 Å². The second kappa shape index (κ2) is 12.3. The molecule has 0 radical (unpaired) electrons. The van der Waals surface area contributed by atoms with Crippen LogP contribution in [-0.2, 0) is 16.1 Å². The first-order valence-corrected chi connectivity index (χ1v) is 13.5. The molecule has 1 aliphatic carbocycles. The van der Waals surface area contributed by atoms with Crippen LogP contribution in [0.25, 0.3) is 16.7 Å². The molecule has 0 amide bonds. The predicted molar refractivity (Wildman–Crippen MR) is 148 cm³/mol. The number of halogens is 4. The van der Waals surface area contributed by atoms with Crippen molar-refractivity contribution < 1.29 is 31.8 Å². The van der Waals surface area contributed by atoms with Gasteiger partial charge in [0, 0.05) is 11.1 Å². The normalized spacial score (nSPS) is 15.2. The van der Waals surface area contributed by atoms with Crippen molar-refractivity contribution in [1.29, 1.82) is 0 Å². The fourth-order valence-electron chi connectivity index (χ4n) is 5.36. The molecular weight excluding hydrogens is 520 g/mol. The molecule has 0 fully saturated rings.